The highest BCUT2D eigenvalue weighted by atomic mass is 35.5. The van der Waals surface area contributed by atoms with Crippen LogP contribution in [-0.4, -0.2) is 37.5 Å². The summed E-state index contributed by atoms with van der Waals surface area (Å²) in [6.07, 6.45) is 4.09. The average Bonchev–Trinajstić information content (AvgIpc) is 2.55. The van der Waals surface area contributed by atoms with Crippen molar-refractivity contribution in [3.63, 3.8) is 0 Å². The SMILES string of the molecule is CNCCC1CCN(C(=O)C(C)Cc2ccc(Cl)cc2Cl)CC1. The number of hydrogen-bond donors (Lipinski definition) is 1. The van der Waals surface area contributed by atoms with Crippen molar-refractivity contribution in [2.24, 2.45) is 11.8 Å². The number of likely N-dealkylation sites (tertiary alicyclic amines) is 1. The monoisotopic (exact) mass is 356 g/mol. The highest BCUT2D eigenvalue weighted by Crippen LogP contribution is 2.25. The molecular weight excluding hydrogens is 331 g/mol. The van der Waals surface area contributed by atoms with Crippen LogP contribution < -0.4 is 5.32 Å². The smallest absolute Gasteiger partial charge is 0.225 e. The molecular formula is C18H26Cl2N2O. The Balaban J connectivity index is 1.85. The molecule has 1 N–H and O–H groups in total. The Morgan fingerprint density at radius 2 is 2.04 bits per heavy atom. The molecule has 1 aliphatic rings. The average molecular weight is 357 g/mol. The lowest BCUT2D eigenvalue weighted by molar-refractivity contribution is -0.136. The second-order valence-corrected chi connectivity index (χ2v) is 7.35. The maximum Gasteiger partial charge on any atom is 0.225 e. The molecule has 1 atom stereocenters. The molecule has 1 amide bonds. The van der Waals surface area contributed by atoms with Gasteiger partial charge in [-0.05, 0) is 62.9 Å². The summed E-state index contributed by atoms with van der Waals surface area (Å²) >= 11 is 12.1. The van der Waals surface area contributed by atoms with Gasteiger partial charge in [0, 0.05) is 29.1 Å². The van der Waals surface area contributed by atoms with Crippen molar-refractivity contribution in [1.82, 2.24) is 10.2 Å². The van der Waals surface area contributed by atoms with Gasteiger partial charge in [-0.2, -0.15) is 0 Å². The Morgan fingerprint density at radius 1 is 1.35 bits per heavy atom. The third kappa shape index (κ3) is 5.37. The van der Waals surface area contributed by atoms with E-state index in [1.165, 1.54) is 6.42 Å². The van der Waals surface area contributed by atoms with Gasteiger partial charge in [0.15, 0.2) is 0 Å². The van der Waals surface area contributed by atoms with Gasteiger partial charge in [-0.1, -0.05) is 36.2 Å². The highest BCUT2D eigenvalue weighted by Gasteiger charge is 2.26. The van der Waals surface area contributed by atoms with E-state index in [0.29, 0.717) is 16.5 Å². The fraction of sp³-hybridized carbons (Fsp3) is 0.611. The molecule has 1 unspecified atom stereocenters. The summed E-state index contributed by atoms with van der Waals surface area (Å²) in [6, 6.07) is 5.48. The van der Waals surface area contributed by atoms with E-state index in [2.05, 4.69) is 5.32 Å². The van der Waals surface area contributed by atoms with Gasteiger partial charge in [0.2, 0.25) is 5.91 Å². The van der Waals surface area contributed by atoms with Crippen LogP contribution in [0.15, 0.2) is 18.2 Å². The zero-order chi connectivity index (χ0) is 16.8. The third-order valence-corrected chi connectivity index (χ3v) is 5.28. The number of nitrogens with zero attached hydrogens (tertiary/aromatic N) is 1. The van der Waals surface area contributed by atoms with Crippen molar-refractivity contribution in [2.75, 3.05) is 26.7 Å². The molecule has 1 heterocycles. The summed E-state index contributed by atoms with van der Waals surface area (Å²) in [5, 5.41) is 4.47. The van der Waals surface area contributed by atoms with Crippen molar-refractivity contribution in [2.45, 2.75) is 32.6 Å². The molecule has 1 aromatic carbocycles. The molecule has 1 fully saturated rings. The number of halogens is 2. The second-order valence-electron chi connectivity index (χ2n) is 6.50. The number of piperidine rings is 1. The molecule has 128 valence electrons. The van der Waals surface area contributed by atoms with Crippen LogP contribution in [0.3, 0.4) is 0 Å². The van der Waals surface area contributed by atoms with Crippen LogP contribution in [0.1, 0.15) is 31.7 Å². The van der Waals surface area contributed by atoms with Crippen LogP contribution >= 0.6 is 23.2 Å². The molecule has 1 saturated heterocycles. The Labute approximate surface area is 149 Å². The molecule has 1 aromatic rings. The molecule has 0 bridgehead atoms. The highest BCUT2D eigenvalue weighted by molar-refractivity contribution is 6.35. The molecule has 0 radical (unpaired) electrons. The van der Waals surface area contributed by atoms with Gasteiger partial charge >= 0.3 is 0 Å². The lowest BCUT2D eigenvalue weighted by atomic mass is 9.92. The lowest BCUT2D eigenvalue weighted by Gasteiger charge is -2.33. The molecule has 23 heavy (non-hydrogen) atoms. The molecule has 0 spiro atoms. The van der Waals surface area contributed by atoms with E-state index >= 15 is 0 Å². The summed E-state index contributed by atoms with van der Waals surface area (Å²) in [5.74, 6) is 0.929. The van der Waals surface area contributed by atoms with E-state index in [-0.39, 0.29) is 11.8 Å². The summed E-state index contributed by atoms with van der Waals surface area (Å²) in [6.45, 7) is 4.81. The first-order valence-electron chi connectivity index (χ1n) is 8.38. The van der Waals surface area contributed by atoms with Gasteiger partial charge in [0.1, 0.15) is 0 Å². The van der Waals surface area contributed by atoms with Crippen LogP contribution in [0, 0.1) is 11.8 Å². The molecule has 2 rings (SSSR count). The van der Waals surface area contributed by atoms with Gasteiger partial charge < -0.3 is 10.2 Å². The van der Waals surface area contributed by atoms with E-state index in [9.17, 15) is 4.79 Å². The Morgan fingerprint density at radius 3 is 2.65 bits per heavy atom. The molecule has 1 aliphatic heterocycles. The lowest BCUT2D eigenvalue weighted by Crippen LogP contribution is -2.42. The predicted octanol–water partition coefficient (Wildman–Crippen LogP) is 4.02. The number of benzene rings is 1. The fourth-order valence-electron chi connectivity index (χ4n) is 3.21. The minimum absolute atomic E-state index is 0.0532. The summed E-state index contributed by atoms with van der Waals surface area (Å²) in [5.41, 5.74) is 0.987. The van der Waals surface area contributed by atoms with E-state index in [1.54, 1.807) is 6.07 Å². The quantitative estimate of drug-likeness (QED) is 0.834. The minimum atomic E-state index is -0.0532. The normalized spacial score (nSPS) is 17.3. The first kappa shape index (κ1) is 18.6. The maximum atomic E-state index is 12.6. The van der Waals surface area contributed by atoms with Crippen molar-refractivity contribution < 1.29 is 4.79 Å². The standard InChI is InChI=1S/C18H26Cl2N2O/c1-13(11-15-3-4-16(19)12-17(15)20)18(23)22-9-6-14(7-10-22)5-8-21-2/h3-4,12-14,21H,5-11H2,1-2H3. The number of rotatable bonds is 6. The van der Waals surface area contributed by atoms with Crippen molar-refractivity contribution >= 4 is 29.1 Å². The molecule has 5 heteroatoms. The van der Waals surface area contributed by atoms with E-state index in [1.807, 2.05) is 31.0 Å². The van der Waals surface area contributed by atoms with Gasteiger partial charge in [-0.15, -0.1) is 0 Å². The van der Waals surface area contributed by atoms with Crippen molar-refractivity contribution in [3.8, 4) is 0 Å². The van der Waals surface area contributed by atoms with Crippen LogP contribution in [0.25, 0.3) is 0 Å². The molecule has 0 saturated carbocycles. The van der Waals surface area contributed by atoms with Crippen LogP contribution in [0.5, 0.6) is 0 Å². The maximum absolute atomic E-state index is 12.6. The van der Waals surface area contributed by atoms with E-state index in [0.717, 1.165) is 44.0 Å². The third-order valence-electron chi connectivity index (χ3n) is 4.69. The minimum Gasteiger partial charge on any atom is -0.342 e. The van der Waals surface area contributed by atoms with Crippen molar-refractivity contribution in [1.29, 1.82) is 0 Å². The van der Waals surface area contributed by atoms with E-state index < -0.39 is 0 Å². The molecule has 0 aromatic heterocycles. The summed E-state index contributed by atoms with van der Waals surface area (Å²) in [4.78, 5) is 14.7. The van der Waals surface area contributed by atoms with Crippen LogP contribution in [0.2, 0.25) is 10.0 Å². The Kier molecular flexibility index (Phi) is 7.19. The number of hydrogen-bond acceptors (Lipinski definition) is 2. The van der Waals surface area contributed by atoms with E-state index in [4.69, 9.17) is 23.2 Å². The second kappa shape index (κ2) is 8.91. The van der Waals surface area contributed by atoms with Gasteiger partial charge in [0.05, 0.1) is 0 Å². The van der Waals surface area contributed by atoms with Gasteiger partial charge in [0.25, 0.3) is 0 Å². The number of carbonyl (C=O) groups is 1. The molecule has 0 aliphatic carbocycles. The van der Waals surface area contributed by atoms with Gasteiger partial charge in [-0.3, -0.25) is 4.79 Å². The molecule has 3 nitrogen and oxygen atoms in total. The summed E-state index contributed by atoms with van der Waals surface area (Å²) < 4.78 is 0. The van der Waals surface area contributed by atoms with Crippen LogP contribution in [-0.2, 0) is 11.2 Å². The number of amides is 1. The Bertz CT molecular complexity index is 528. The topological polar surface area (TPSA) is 32.3 Å². The number of carbonyl (C=O) groups excluding carboxylic acids is 1. The zero-order valence-electron chi connectivity index (χ0n) is 13.9. The fourth-order valence-corrected chi connectivity index (χ4v) is 3.69. The predicted molar refractivity (Wildman–Crippen MR) is 97.2 cm³/mol. The van der Waals surface area contributed by atoms with Crippen molar-refractivity contribution in [3.05, 3.63) is 33.8 Å². The first-order chi connectivity index (χ1) is 11.0. The first-order valence-corrected chi connectivity index (χ1v) is 9.14. The number of nitrogens with one attached hydrogen (secondary N) is 1. The Hall–Kier alpha value is -0.770. The van der Waals surface area contributed by atoms with Gasteiger partial charge in [-0.25, -0.2) is 0 Å². The summed E-state index contributed by atoms with van der Waals surface area (Å²) in [7, 11) is 1.99. The van der Waals surface area contributed by atoms with Crippen LogP contribution in [0.4, 0.5) is 0 Å². The largest absolute Gasteiger partial charge is 0.342 e. The zero-order valence-corrected chi connectivity index (χ0v) is 15.5.